The maximum absolute atomic E-state index is 13.1. The predicted octanol–water partition coefficient (Wildman–Crippen LogP) is 3.89. The lowest BCUT2D eigenvalue weighted by atomic mass is 9.86. The van der Waals surface area contributed by atoms with Crippen LogP contribution in [0.2, 0.25) is 0 Å². The van der Waals surface area contributed by atoms with E-state index in [9.17, 15) is 9.50 Å². The average Bonchev–Trinajstić information content (AvgIpc) is 2.73. The number of nitrogens with zero attached hydrogens (tertiary/aromatic N) is 2. The molecule has 28 heavy (non-hydrogen) atoms. The van der Waals surface area contributed by atoms with E-state index in [2.05, 4.69) is 40.1 Å². The van der Waals surface area contributed by atoms with Gasteiger partial charge in [0.1, 0.15) is 5.82 Å². The van der Waals surface area contributed by atoms with Gasteiger partial charge < -0.3 is 10.0 Å². The molecule has 4 heteroatoms. The van der Waals surface area contributed by atoms with Gasteiger partial charge in [-0.05, 0) is 54.9 Å². The van der Waals surface area contributed by atoms with Crippen LogP contribution >= 0.6 is 0 Å². The second-order valence-corrected chi connectivity index (χ2v) is 8.43. The van der Waals surface area contributed by atoms with Crippen LogP contribution < -0.4 is 0 Å². The Bertz CT molecular complexity index is 736. The molecule has 0 spiro atoms. The van der Waals surface area contributed by atoms with E-state index in [1.54, 1.807) is 12.1 Å². The van der Waals surface area contributed by atoms with Crippen molar-refractivity contribution in [3.8, 4) is 0 Å². The van der Waals surface area contributed by atoms with Crippen molar-refractivity contribution in [3.05, 3.63) is 71.5 Å². The van der Waals surface area contributed by atoms with Crippen molar-refractivity contribution in [3.63, 3.8) is 0 Å². The third-order valence-corrected chi connectivity index (χ3v) is 6.46. The molecule has 3 atom stereocenters. The zero-order chi connectivity index (χ0) is 19.3. The van der Waals surface area contributed by atoms with Crippen LogP contribution in [-0.2, 0) is 6.42 Å². The van der Waals surface area contributed by atoms with E-state index in [4.69, 9.17) is 0 Å². The molecular formula is C24H31FN2O. The number of benzene rings is 2. The Kier molecular flexibility index (Phi) is 6.40. The Morgan fingerprint density at radius 1 is 0.964 bits per heavy atom. The van der Waals surface area contributed by atoms with E-state index in [0.717, 1.165) is 44.6 Å². The lowest BCUT2D eigenvalue weighted by Crippen LogP contribution is -2.56. The number of hydrogen-bond acceptors (Lipinski definition) is 3. The summed E-state index contributed by atoms with van der Waals surface area (Å²) < 4.78 is 13.1. The molecule has 2 fully saturated rings. The minimum Gasteiger partial charge on any atom is -0.388 e. The summed E-state index contributed by atoms with van der Waals surface area (Å²) in [5.74, 6) is 0.272. The van der Waals surface area contributed by atoms with Gasteiger partial charge >= 0.3 is 0 Å². The Hall–Kier alpha value is -1.75. The number of aliphatic hydroxyl groups is 1. The largest absolute Gasteiger partial charge is 0.388 e. The fourth-order valence-electron chi connectivity index (χ4n) is 4.79. The van der Waals surface area contributed by atoms with Crippen LogP contribution in [0, 0.1) is 11.7 Å². The second kappa shape index (κ2) is 9.17. The predicted molar refractivity (Wildman–Crippen MR) is 111 cm³/mol. The summed E-state index contributed by atoms with van der Waals surface area (Å²) in [5.41, 5.74) is 2.25. The van der Waals surface area contributed by atoms with Gasteiger partial charge in [-0.3, -0.25) is 4.90 Å². The van der Waals surface area contributed by atoms with Crippen LogP contribution in [0.15, 0.2) is 54.6 Å². The normalized spacial score (nSPS) is 24.6. The molecule has 0 amide bonds. The lowest BCUT2D eigenvalue weighted by molar-refractivity contribution is 0.0152. The first-order chi connectivity index (χ1) is 13.7. The number of halogens is 1. The molecule has 2 aromatic carbocycles. The van der Waals surface area contributed by atoms with Crippen LogP contribution in [0.3, 0.4) is 0 Å². The van der Waals surface area contributed by atoms with Crippen LogP contribution in [0.25, 0.3) is 0 Å². The van der Waals surface area contributed by atoms with Crippen LogP contribution in [0.4, 0.5) is 4.39 Å². The van der Waals surface area contributed by atoms with E-state index in [1.807, 2.05) is 0 Å². The minimum atomic E-state index is -0.491. The van der Waals surface area contributed by atoms with Crippen LogP contribution in [0.5, 0.6) is 0 Å². The Labute approximate surface area is 167 Å². The van der Waals surface area contributed by atoms with Gasteiger partial charge in [-0.25, -0.2) is 4.39 Å². The summed E-state index contributed by atoms with van der Waals surface area (Å²) in [4.78, 5) is 5.24. The first-order valence-corrected chi connectivity index (χ1v) is 10.6. The number of fused-ring (bicyclic) bond motifs is 1. The summed E-state index contributed by atoms with van der Waals surface area (Å²) in [7, 11) is 0. The SMILES string of the molecule is OC(C[C@H]1CC[C@H]2CN(CCc3ccccc3)CCN2C1)c1ccc(F)cc1. The topological polar surface area (TPSA) is 26.7 Å². The third kappa shape index (κ3) is 4.99. The molecule has 2 saturated heterocycles. The molecule has 0 aliphatic carbocycles. The fourth-order valence-corrected chi connectivity index (χ4v) is 4.79. The van der Waals surface area contributed by atoms with Crippen molar-refractivity contribution in [2.75, 3.05) is 32.7 Å². The number of piperazine rings is 1. The number of rotatable bonds is 6. The number of hydrogen-bond donors (Lipinski definition) is 1. The summed E-state index contributed by atoms with van der Waals surface area (Å²) in [6.07, 6.45) is 3.79. The molecule has 2 heterocycles. The zero-order valence-electron chi connectivity index (χ0n) is 16.5. The third-order valence-electron chi connectivity index (χ3n) is 6.46. The van der Waals surface area contributed by atoms with Crippen molar-refractivity contribution in [2.45, 2.75) is 37.8 Å². The van der Waals surface area contributed by atoms with Gasteiger partial charge in [-0.1, -0.05) is 42.5 Å². The molecule has 2 aliphatic rings. The standard InChI is InChI=1S/C24H31FN2O/c25-22-9-7-21(8-10-22)24(28)16-20-6-11-23-18-26(14-15-27(23)17-20)13-12-19-4-2-1-3-5-19/h1-5,7-10,20,23-24,28H,6,11-18H2/t20-,23+,24?/m1/s1. The summed E-state index contributed by atoms with van der Waals surface area (Å²) in [6.45, 7) is 5.65. The highest BCUT2D eigenvalue weighted by Gasteiger charge is 2.33. The van der Waals surface area contributed by atoms with Gasteiger partial charge in [-0.15, -0.1) is 0 Å². The van der Waals surface area contributed by atoms with Gasteiger partial charge in [0.25, 0.3) is 0 Å². The van der Waals surface area contributed by atoms with E-state index in [-0.39, 0.29) is 5.82 Å². The number of piperidine rings is 1. The summed E-state index contributed by atoms with van der Waals surface area (Å²) in [5, 5.41) is 10.5. The molecule has 0 saturated carbocycles. The fraction of sp³-hybridized carbons (Fsp3) is 0.500. The average molecular weight is 383 g/mol. The van der Waals surface area contributed by atoms with Crippen molar-refractivity contribution in [1.29, 1.82) is 0 Å². The van der Waals surface area contributed by atoms with E-state index in [0.29, 0.717) is 12.0 Å². The van der Waals surface area contributed by atoms with Crippen molar-refractivity contribution < 1.29 is 9.50 Å². The van der Waals surface area contributed by atoms with E-state index < -0.39 is 6.10 Å². The summed E-state index contributed by atoms with van der Waals surface area (Å²) >= 11 is 0. The smallest absolute Gasteiger partial charge is 0.123 e. The molecule has 150 valence electrons. The van der Waals surface area contributed by atoms with E-state index in [1.165, 1.54) is 37.1 Å². The zero-order valence-corrected chi connectivity index (χ0v) is 16.5. The van der Waals surface area contributed by atoms with Crippen LogP contribution in [0.1, 0.15) is 36.5 Å². The number of aliphatic hydroxyl groups excluding tert-OH is 1. The van der Waals surface area contributed by atoms with Crippen molar-refractivity contribution in [1.82, 2.24) is 9.80 Å². The first-order valence-electron chi connectivity index (χ1n) is 10.6. The van der Waals surface area contributed by atoms with Crippen molar-refractivity contribution in [2.24, 2.45) is 5.92 Å². The highest BCUT2D eigenvalue weighted by Crippen LogP contribution is 2.31. The molecule has 2 aromatic rings. The molecule has 1 unspecified atom stereocenters. The van der Waals surface area contributed by atoms with E-state index >= 15 is 0 Å². The van der Waals surface area contributed by atoms with Gasteiger partial charge in [0.2, 0.25) is 0 Å². The minimum absolute atomic E-state index is 0.249. The molecule has 0 aromatic heterocycles. The first kappa shape index (κ1) is 19.6. The monoisotopic (exact) mass is 382 g/mol. The van der Waals surface area contributed by atoms with Crippen LogP contribution in [-0.4, -0.2) is 53.7 Å². The second-order valence-electron chi connectivity index (χ2n) is 8.43. The molecule has 3 nitrogen and oxygen atoms in total. The molecular weight excluding hydrogens is 351 g/mol. The quantitative estimate of drug-likeness (QED) is 0.821. The van der Waals surface area contributed by atoms with Gasteiger partial charge in [-0.2, -0.15) is 0 Å². The van der Waals surface area contributed by atoms with Gasteiger partial charge in [0, 0.05) is 38.8 Å². The maximum Gasteiger partial charge on any atom is 0.123 e. The van der Waals surface area contributed by atoms with Gasteiger partial charge in [0.15, 0.2) is 0 Å². The summed E-state index contributed by atoms with van der Waals surface area (Å²) in [6, 6.07) is 17.7. The Morgan fingerprint density at radius 3 is 2.54 bits per heavy atom. The molecule has 0 radical (unpaired) electrons. The highest BCUT2D eigenvalue weighted by molar-refractivity contribution is 5.18. The maximum atomic E-state index is 13.1. The lowest BCUT2D eigenvalue weighted by Gasteiger charge is -2.46. The van der Waals surface area contributed by atoms with Crippen molar-refractivity contribution >= 4 is 0 Å². The Balaban J connectivity index is 1.24. The molecule has 4 rings (SSSR count). The molecule has 1 N–H and O–H groups in total. The Morgan fingerprint density at radius 2 is 1.75 bits per heavy atom. The van der Waals surface area contributed by atoms with Gasteiger partial charge in [0.05, 0.1) is 6.10 Å². The molecule has 2 aliphatic heterocycles. The molecule has 0 bridgehead atoms. The highest BCUT2D eigenvalue weighted by atomic mass is 19.1.